The van der Waals surface area contributed by atoms with Crippen molar-refractivity contribution in [2.75, 3.05) is 0 Å². The minimum Gasteiger partial charge on any atom is -0.389 e. The van der Waals surface area contributed by atoms with Crippen LogP contribution in [0.3, 0.4) is 0 Å². The molecule has 0 aromatic heterocycles. The highest BCUT2D eigenvalue weighted by Gasteiger charge is 2.36. The molecule has 0 N–H and O–H groups in total. The third-order valence-electron chi connectivity index (χ3n) is 1.81. The standard InChI is InChI=1S/C8H10O3/c1-3-5-6(4-2)8(10)11-7(5)9/h3,6H,4H2,1-2H3. The fourth-order valence-corrected chi connectivity index (χ4v) is 1.20. The maximum atomic E-state index is 10.9. The summed E-state index contributed by atoms with van der Waals surface area (Å²) in [6.07, 6.45) is 2.27. The minimum atomic E-state index is -0.482. The second kappa shape index (κ2) is 2.86. The molecule has 0 bridgehead atoms. The van der Waals surface area contributed by atoms with Gasteiger partial charge in [0.15, 0.2) is 0 Å². The average Bonchev–Trinajstić information content (AvgIpc) is 2.24. The van der Waals surface area contributed by atoms with E-state index in [0.29, 0.717) is 12.0 Å². The van der Waals surface area contributed by atoms with Crippen LogP contribution in [0.2, 0.25) is 0 Å². The molecule has 60 valence electrons. The van der Waals surface area contributed by atoms with Gasteiger partial charge in [-0.3, -0.25) is 4.79 Å². The van der Waals surface area contributed by atoms with Crippen LogP contribution in [-0.4, -0.2) is 11.9 Å². The van der Waals surface area contributed by atoms with E-state index in [-0.39, 0.29) is 5.92 Å². The number of ether oxygens (including phenoxy) is 1. The fourth-order valence-electron chi connectivity index (χ4n) is 1.20. The Balaban J connectivity index is 2.93. The van der Waals surface area contributed by atoms with Crippen molar-refractivity contribution in [1.82, 2.24) is 0 Å². The van der Waals surface area contributed by atoms with E-state index in [1.165, 1.54) is 0 Å². The number of allylic oxidation sites excluding steroid dienone is 1. The van der Waals surface area contributed by atoms with Crippen molar-refractivity contribution in [2.45, 2.75) is 20.3 Å². The van der Waals surface area contributed by atoms with Crippen molar-refractivity contribution in [2.24, 2.45) is 5.92 Å². The highest BCUT2D eigenvalue weighted by molar-refractivity contribution is 6.07. The van der Waals surface area contributed by atoms with E-state index in [9.17, 15) is 9.59 Å². The lowest BCUT2D eigenvalue weighted by Crippen LogP contribution is -2.06. The molecule has 3 heteroatoms. The Morgan fingerprint density at radius 1 is 1.55 bits per heavy atom. The Hall–Kier alpha value is -1.12. The molecule has 1 fully saturated rings. The number of rotatable bonds is 1. The van der Waals surface area contributed by atoms with E-state index in [1.807, 2.05) is 6.92 Å². The average molecular weight is 154 g/mol. The molecule has 11 heavy (non-hydrogen) atoms. The Labute approximate surface area is 65.0 Å². The van der Waals surface area contributed by atoms with Crippen LogP contribution < -0.4 is 0 Å². The highest BCUT2D eigenvalue weighted by atomic mass is 16.6. The molecule has 1 atom stereocenters. The van der Waals surface area contributed by atoms with Crippen LogP contribution in [0.1, 0.15) is 20.3 Å². The molecule has 1 aliphatic rings. The van der Waals surface area contributed by atoms with Gasteiger partial charge in [0.05, 0.1) is 5.92 Å². The van der Waals surface area contributed by atoms with Gasteiger partial charge in [-0.1, -0.05) is 13.0 Å². The summed E-state index contributed by atoms with van der Waals surface area (Å²) in [5.74, 6) is -1.22. The lowest BCUT2D eigenvalue weighted by Gasteiger charge is -1.98. The van der Waals surface area contributed by atoms with Crippen molar-refractivity contribution < 1.29 is 14.3 Å². The first-order chi connectivity index (χ1) is 5.20. The van der Waals surface area contributed by atoms with Gasteiger partial charge in [0.2, 0.25) is 0 Å². The van der Waals surface area contributed by atoms with Gasteiger partial charge in [-0.05, 0) is 13.3 Å². The summed E-state index contributed by atoms with van der Waals surface area (Å²) >= 11 is 0. The molecule has 1 unspecified atom stereocenters. The molecule has 1 aliphatic heterocycles. The zero-order valence-corrected chi connectivity index (χ0v) is 6.59. The van der Waals surface area contributed by atoms with Crippen molar-refractivity contribution in [3.8, 4) is 0 Å². The van der Waals surface area contributed by atoms with Gasteiger partial charge < -0.3 is 4.74 Å². The number of carbonyl (C=O) groups is 2. The van der Waals surface area contributed by atoms with E-state index in [0.717, 1.165) is 0 Å². The van der Waals surface area contributed by atoms with Gasteiger partial charge in [-0.25, -0.2) is 4.79 Å². The van der Waals surface area contributed by atoms with E-state index in [1.54, 1.807) is 13.0 Å². The molecule has 0 aromatic rings. The summed E-state index contributed by atoms with van der Waals surface area (Å²) in [4.78, 5) is 21.8. The van der Waals surface area contributed by atoms with E-state index in [2.05, 4.69) is 4.74 Å². The van der Waals surface area contributed by atoms with Gasteiger partial charge in [-0.2, -0.15) is 0 Å². The van der Waals surface area contributed by atoms with Gasteiger partial charge >= 0.3 is 11.9 Å². The lowest BCUT2D eigenvalue weighted by atomic mass is 9.99. The summed E-state index contributed by atoms with van der Waals surface area (Å²) in [7, 11) is 0. The monoisotopic (exact) mass is 154 g/mol. The second-order valence-electron chi connectivity index (χ2n) is 2.41. The van der Waals surface area contributed by atoms with E-state index >= 15 is 0 Å². The first-order valence-electron chi connectivity index (χ1n) is 3.63. The molecule has 0 aromatic carbocycles. The highest BCUT2D eigenvalue weighted by Crippen LogP contribution is 2.24. The van der Waals surface area contributed by atoms with Crippen LogP contribution in [0.5, 0.6) is 0 Å². The second-order valence-corrected chi connectivity index (χ2v) is 2.41. The Morgan fingerprint density at radius 3 is 2.55 bits per heavy atom. The van der Waals surface area contributed by atoms with E-state index in [4.69, 9.17) is 0 Å². The van der Waals surface area contributed by atoms with Crippen molar-refractivity contribution >= 4 is 11.9 Å². The molecule has 1 saturated heterocycles. The molecule has 0 amide bonds. The van der Waals surface area contributed by atoms with Crippen molar-refractivity contribution in [1.29, 1.82) is 0 Å². The SMILES string of the molecule is CC=C1C(=O)OC(=O)C1CC. The van der Waals surface area contributed by atoms with Crippen LogP contribution in [0.4, 0.5) is 0 Å². The molecule has 3 nitrogen and oxygen atoms in total. The third kappa shape index (κ3) is 1.18. The third-order valence-corrected chi connectivity index (χ3v) is 1.81. The quantitative estimate of drug-likeness (QED) is 0.322. The molecule has 0 aliphatic carbocycles. The van der Waals surface area contributed by atoms with Crippen LogP contribution in [0.25, 0.3) is 0 Å². The molecular weight excluding hydrogens is 144 g/mol. The maximum Gasteiger partial charge on any atom is 0.342 e. The number of esters is 2. The molecule has 0 spiro atoms. The zero-order valence-electron chi connectivity index (χ0n) is 6.59. The number of cyclic esters (lactones) is 2. The fraction of sp³-hybridized carbons (Fsp3) is 0.500. The largest absolute Gasteiger partial charge is 0.389 e. The summed E-state index contributed by atoms with van der Waals surface area (Å²) in [5, 5.41) is 0. The van der Waals surface area contributed by atoms with Gasteiger partial charge in [0, 0.05) is 5.57 Å². The first-order valence-corrected chi connectivity index (χ1v) is 3.63. The van der Waals surface area contributed by atoms with Crippen molar-refractivity contribution in [3.05, 3.63) is 11.6 Å². The number of hydrogen-bond acceptors (Lipinski definition) is 3. The topological polar surface area (TPSA) is 43.4 Å². The predicted molar refractivity (Wildman–Crippen MR) is 38.6 cm³/mol. The van der Waals surface area contributed by atoms with Crippen LogP contribution >= 0.6 is 0 Å². The zero-order chi connectivity index (χ0) is 8.43. The van der Waals surface area contributed by atoms with Gasteiger partial charge in [0.25, 0.3) is 0 Å². The lowest BCUT2D eigenvalue weighted by molar-refractivity contribution is -0.152. The Kier molecular flexibility index (Phi) is 2.08. The van der Waals surface area contributed by atoms with E-state index < -0.39 is 11.9 Å². The molecule has 0 radical (unpaired) electrons. The number of carbonyl (C=O) groups excluding carboxylic acids is 2. The smallest absolute Gasteiger partial charge is 0.342 e. The minimum absolute atomic E-state index is 0.326. The van der Waals surface area contributed by atoms with Gasteiger partial charge in [-0.15, -0.1) is 0 Å². The molecule has 1 heterocycles. The normalized spacial score (nSPS) is 27.8. The first kappa shape index (κ1) is 7.98. The van der Waals surface area contributed by atoms with Gasteiger partial charge in [0.1, 0.15) is 0 Å². The Bertz CT molecular complexity index is 227. The summed E-state index contributed by atoms with van der Waals surface area (Å²) < 4.78 is 4.42. The molecule has 0 saturated carbocycles. The van der Waals surface area contributed by atoms with Crippen LogP contribution in [0.15, 0.2) is 11.6 Å². The summed E-state index contributed by atoms with van der Waals surface area (Å²) in [6.45, 7) is 3.59. The van der Waals surface area contributed by atoms with Crippen molar-refractivity contribution in [3.63, 3.8) is 0 Å². The summed E-state index contributed by atoms with van der Waals surface area (Å²) in [5.41, 5.74) is 0.498. The van der Waals surface area contributed by atoms with Crippen LogP contribution in [0, 0.1) is 5.92 Å². The molecule has 1 rings (SSSR count). The maximum absolute atomic E-state index is 10.9. The number of hydrogen-bond donors (Lipinski definition) is 0. The predicted octanol–water partition coefficient (Wildman–Crippen LogP) is 1.04. The molecular formula is C8H10O3. The Morgan fingerprint density at radius 2 is 2.18 bits per heavy atom. The van der Waals surface area contributed by atoms with Crippen LogP contribution in [-0.2, 0) is 14.3 Å². The summed E-state index contributed by atoms with van der Waals surface area (Å²) in [6, 6.07) is 0.